The summed E-state index contributed by atoms with van der Waals surface area (Å²) in [5, 5.41) is 3.72. The van der Waals surface area contributed by atoms with Crippen LogP contribution in [0.25, 0.3) is 0 Å². The fraction of sp³-hybridized carbons (Fsp3) is 0.500. The number of nitrogens with one attached hydrogen (secondary N) is 1. The Morgan fingerprint density at radius 3 is 2.32 bits per heavy atom. The minimum absolute atomic E-state index is 0.431. The van der Waals surface area contributed by atoms with Gasteiger partial charge in [0.1, 0.15) is 0 Å². The molecule has 2 heterocycles. The van der Waals surface area contributed by atoms with E-state index in [9.17, 15) is 0 Å². The van der Waals surface area contributed by atoms with Crippen molar-refractivity contribution in [1.29, 1.82) is 0 Å². The molecule has 0 aliphatic carbocycles. The van der Waals surface area contributed by atoms with E-state index >= 15 is 0 Å². The number of rotatable bonds is 5. The molecule has 3 heteroatoms. The lowest BCUT2D eigenvalue weighted by Crippen LogP contribution is -2.30. The van der Waals surface area contributed by atoms with E-state index in [0.29, 0.717) is 12.1 Å². The first-order valence-electron chi connectivity index (χ1n) is 6.84. The summed E-state index contributed by atoms with van der Waals surface area (Å²) in [7, 11) is 0. The molecule has 0 aliphatic rings. The van der Waals surface area contributed by atoms with Crippen LogP contribution in [-0.4, -0.2) is 6.04 Å². The quantitative estimate of drug-likeness (QED) is 0.816. The maximum atomic E-state index is 3.72. The molecule has 2 unspecified atom stereocenters. The Balaban J connectivity index is 1.95. The van der Waals surface area contributed by atoms with Gasteiger partial charge in [-0.15, -0.1) is 22.7 Å². The molecule has 0 radical (unpaired) electrons. The van der Waals surface area contributed by atoms with Crippen molar-refractivity contribution in [2.45, 2.75) is 53.1 Å². The Hall–Kier alpha value is -0.640. The molecule has 0 amide bonds. The standard InChI is InChI=1S/C16H23NS2/c1-10(8-15-7-6-11(2)19-15)17-13(4)16-9-12(3)18-14(16)5/h6-7,9-10,13,17H,8H2,1-5H3. The molecule has 2 aromatic heterocycles. The van der Waals surface area contributed by atoms with E-state index in [1.165, 1.54) is 25.1 Å². The average molecular weight is 294 g/mol. The minimum Gasteiger partial charge on any atom is -0.307 e. The number of hydrogen-bond acceptors (Lipinski definition) is 3. The van der Waals surface area contributed by atoms with E-state index in [-0.39, 0.29) is 0 Å². The highest BCUT2D eigenvalue weighted by Crippen LogP contribution is 2.26. The van der Waals surface area contributed by atoms with Crippen molar-refractivity contribution in [3.05, 3.63) is 43.3 Å². The van der Waals surface area contributed by atoms with Crippen LogP contribution in [-0.2, 0) is 6.42 Å². The molecule has 0 spiro atoms. The van der Waals surface area contributed by atoms with Crippen molar-refractivity contribution in [2.75, 3.05) is 0 Å². The first-order chi connectivity index (χ1) is 8.95. The van der Waals surface area contributed by atoms with Crippen LogP contribution in [0.3, 0.4) is 0 Å². The first kappa shape index (κ1) is 14.8. The molecule has 0 aliphatic heterocycles. The van der Waals surface area contributed by atoms with Gasteiger partial charge in [-0.05, 0) is 64.8 Å². The normalized spacial score (nSPS) is 14.6. The van der Waals surface area contributed by atoms with Gasteiger partial charge in [0.15, 0.2) is 0 Å². The molecule has 2 atom stereocenters. The zero-order valence-electron chi connectivity index (χ0n) is 12.4. The van der Waals surface area contributed by atoms with E-state index in [1.54, 1.807) is 0 Å². The maximum absolute atomic E-state index is 3.72. The van der Waals surface area contributed by atoms with Gasteiger partial charge in [-0.25, -0.2) is 0 Å². The lowest BCUT2D eigenvalue weighted by Gasteiger charge is -2.19. The zero-order valence-corrected chi connectivity index (χ0v) is 14.0. The Kier molecular flexibility index (Phi) is 4.82. The molecule has 2 aromatic rings. The van der Waals surface area contributed by atoms with E-state index in [1.807, 2.05) is 22.7 Å². The molecule has 2 rings (SSSR count). The fourth-order valence-electron chi connectivity index (χ4n) is 2.55. The second-order valence-corrected chi connectivity index (χ2v) is 8.21. The van der Waals surface area contributed by atoms with Gasteiger partial charge in [0.25, 0.3) is 0 Å². The number of hydrogen-bond donors (Lipinski definition) is 1. The van der Waals surface area contributed by atoms with Crippen molar-refractivity contribution in [3.8, 4) is 0 Å². The predicted molar refractivity (Wildman–Crippen MR) is 87.6 cm³/mol. The largest absolute Gasteiger partial charge is 0.307 e. The molecule has 0 saturated carbocycles. The van der Waals surface area contributed by atoms with Gasteiger partial charge >= 0.3 is 0 Å². The van der Waals surface area contributed by atoms with Gasteiger partial charge in [0, 0.05) is 31.6 Å². The molecule has 1 nitrogen and oxygen atoms in total. The van der Waals surface area contributed by atoms with Crippen LogP contribution >= 0.6 is 22.7 Å². The highest BCUT2D eigenvalue weighted by Gasteiger charge is 2.14. The Bertz CT molecular complexity index is 539. The van der Waals surface area contributed by atoms with Crippen molar-refractivity contribution in [3.63, 3.8) is 0 Å². The van der Waals surface area contributed by atoms with E-state index in [4.69, 9.17) is 0 Å². The minimum atomic E-state index is 0.431. The molecule has 19 heavy (non-hydrogen) atoms. The Morgan fingerprint density at radius 1 is 1.05 bits per heavy atom. The van der Waals surface area contributed by atoms with Crippen LogP contribution in [0.4, 0.5) is 0 Å². The van der Waals surface area contributed by atoms with E-state index < -0.39 is 0 Å². The molecule has 0 aromatic carbocycles. The van der Waals surface area contributed by atoms with Crippen LogP contribution in [0.2, 0.25) is 0 Å². The van der Waals surface area contributed by atoms with Crippen LogP contribution in [0, 0.1) is 20.8 Å². The molecule has 0 bridgehead atoms. The topological polar surface area (TPSA) is 12.0 Å². The molecular weight excluding hydrogens is 270 g/mol. The van der Waals surface area contributed by atoms with Gasteiger partial charge in [-0.2, -0.15) is 0 Å². The second-order valence-electron chi connectivity index (χ2n) is 5.37. The summed E-state index contributed by atoms with van der Waals surface area (Å²) in [6.07, 6.45) is 1.12. The summed E-state index contributed by atoms with van der Waals surface area (Å²) in [6, 6.07) is 7.72. The third kappa shape index (κ3) is 3.91. The maximum Gasteiger partial charge on any atom is 0.0305 e. The van der Waals surface area contributed by atoms with E-state index in [0.717, 1.165) is 6.42 Å². The first-order valence-corrected chi connectivity index (χ1v) is 8.47. The highest BCUT2D eigenvalue weighted by atomic mass is 32.1. The summed E-state index contributed by atoms with van der Waals surface area (Å²) in [5.41, 5.74) is 1.46. The molecule has 104 valence electrons. The SMILES string of the molecule is Cc1ccc(CC(C)NC(C)c2cc(C)sc2C)s1. The van der Waals surface area contributed by atoms with Crippen molar-refractivity contribution in [2.24, 2.45) is 0 Å². The molecule has 1 N–H and O–H groups in total. The van der Waals surface area contributed by atoms with Crippen molar-refractivity contribution in [1.82, 2.24) is 5.32 Å². The lowest BCUT2D eigenvalue weighted by molar-refractivity contribution is 0.479. The summed E-state index contributed by atoms with van der Waals surface area (Å²) < 4.78 is 0. The van der Waals surface area contributed by atoms with Crippen LogP contribution in [0.15, 0.2) is 18.2 Å². The van der Waals surface area contributed by atoms with Crippen LogP contribution in [0.1, 0.15) is 45.0 Å². The van der Waals surface area contributed by atoms with Gasteiger partial charge < -0.3 is 5.32 Å². The third-order valence-electron chi connectivity index (χ3n) is 3.38. The lowest BCUT2D eigenvalue weighted by atomic mass is 10.1. The van der Waals surface area contributed by atoms with Gasteiger partial charge in [-0.1, -0.05) is 0 Å². The number of thiophene rings is 2. The summed E-state index contributed by atoms with van der Waals surface area (Å²) in [6.45, 7) is 11.1. The van der Waals surface area contributed by atoms with Gasteiger partial charge in [-0.3, -0.25) is 0 Å². The van der Waals surface area contributed by atoms with Crippen molar-refractivity contribution >= 4 is 22.7 Å². The van der Waals surface area contributed by atoms with E-state index in [2.05, 4.69) is 58.1 Å². The van der Waals surface area contributed by atoms with Crippen molar-refractivity contribution < 1.29 is 0 Å². The van der Waals surface area contributed by atoms with Gasteiger partial charge in [0.05, 0.1) is 0 Å². The second kappa shape index (κ2) is 6.21. The zero-order chi connectivity index (χ0) is 14.0. The summed E-state index contributed by atoms with van der Waals surface area (Å²) in [5.74, 6) is 0. The van der Waals surface area contributed by atoms with Gasteiger partial charge in [0.2, 0.25) is 0 Å². The Labute approximate surface area is 124 Å². The number of aryl methyl sites for hydroxylation is 3. The fourth-order valence-corrected chi connectivity index (χ4v) is 4.59. The summed E-state index contributed by atoms with van der Waals surface area (Å²) in [4.78, 5) is 5.72. The predicted octanol–water partition coefficient (Wildman–Crippen LogP) is 5.02. The Morgan fingerprint density at radius 2 is 1.79 bits per heavy atom. The molecule has 0 saturated heterocycles. The molecular formula is C16H23NS2. The average Bonchev–Trinajstić information content (AvgIpc) is 2.84. The monoisotopic (exact) mass is 293 g/mol. The third-order valence-corrected chi connectivity index (χ3v) is 5.39. The smallest absolute Gasteiger partial charge is 0.0305 e. The summed E-state index contributed by atoms with van der Waals surface area (Å²) >= 11 is 3.80. The molecule has 0 fully saturated rings. The van der Waals surface area contributed by atoms with Crippen LogP contribution < -0.4 is 5.32 Å². The van der Waals surface area contributed by atoms with Crippen LogP contribution in [0.5, 0.6) is 0 Å². The highest BCUT2D eigenvalue weighted by molar-refractivity contribution is 7.12.